The van der Waals surface area contributed by atoms with Gasteiger partial charge in [0.05, 0.1) is 10.6 Å². The molecule has 4 aromatic carbocycles. The molecule has 0 aromatic heterocycles. The van der Waals surface area contributed by atoms with Gasteiger partial charge in [-0.2, -0.15) is 0 Å². The van der Waals surface area contributed by atoms with E-state index in [4.69, 9.17) is 11.6 Å². The summed E-state index contributed by atoms with van der Waals surface area (Å²) in [7, 11) is -4.16. The van der Waals surface area contributed by atoms with Crippen LogP contribution in [0.25, 0.3) is 0 Å². The molecule has 4 rings (SSSR count). The van der Waals surface area contributed by atoms with E-state index in [1.54, 1.807) is 66.7 Å². The van der Waals surface area contributed by atoms with Crippen LogP contribution in [-0.2, 0) is 32.6 Å². The molecule has 0 heterocycles. The van der Waals surface area contributed by atoms with Gasteiger partial charge in [-0.1, -0.05) is 108 Å². The lowest BCUT2D eigenvalue weighted by Gasteiger charge is -2.34. The summed E-state index contributed by atoms with van der Waals surface area (Å²) in [6.45, 7) is 3.96. The van der Waals surface area contributed by atoms with Gasteiger partial charge in [-0.3, -0.25) is 13.9 Å². The van der Waals surface area contributed by atoms with Crippen LogP contribution in [0.2, 0.25) is 5.02 Å². The van der Waals surface area contributed by atoms with E-state index in [1.165, 1.54) is 17.0 Å². The van der Waals surface area contributed by atoms with Crippen molar-refractivity contribution in [2.45, 2.75) is 37.8 Å². The normalized spacial score (nSPS) is 12.0. The molecule has 0 spiro atoms. The van der Waals surface area contributed by atoms with Crippen LogP contribution in [0.5, 0.6) is 0 Å². The van der Waals surface area contributed by atoms with Crippen molar-refractivity contribution in [2.75, 3.05) is 17.4 Å². The number of halogens is 2. The zero-order valence-electron chi connectivity index (χ0n) is 24.6. The Balaban J connectivity index is 1.79. The molecule has 10 heteroatoms. The third-order valence-electron chi connectivity index (χ3n) is 6.93. The highest BCUT2D eigenvalue weighted by Crippen LogP contribution is 2.27. The van der Waals surface area contributed by atoms with Crippen LogP contribution < -0.4 is 9.62 Å². The minimum Gasteiger partial charge on any atom is -0.354 e. The molecule has 0 aliphatic heterocycles. The van der Waals surface area contributed by atoms with Gasteiger partial charge in [-0.05, 0) is 59.5 Å². The smallest absolute Gasteiger partial charge is 0.264 e. The second-order valence-electron chi connectivity index (χ2n) is 10.8. The van der Waals surface area contributed by atoms with E-state index in [1.807, 2.05) is 44.2 Å². The topological polar surface area (TPSA) is 86.8 Å². The lowest BCUT2D eigenvalue weighted by molar-refractivity contribution is -0.140. The molecule has 1 atom stereocenters. The summed E-state index contributed by atoms with van der Waals surface area (Å²) < 4.78 is 29.8. The molecule has 1 N–H and O–H groups in total. The molecule has 44 heavy (non-hydrogen) atoms. The Morgan fingerprint density at radius 1 is 0.841 bits per heavy atom. The van der Waals surface area contributed by atoms with Gasteiger partial charge in [0.15, 0.2) is 0 Å². The van der Waals surface area contributed by atoms with E-state index >= 15 is 0 Å². The fourth-order valence-electron chi connectivity index (χ4n) is 4.64. The quantitative estimate of drug-likeness (QED) is 0.168. The van der Waals surface area contributed by atoms with E-state index in [-0.39, 0.29) is 29.7 Å². The number of nitrogens with one attached hydrogen (secondary N) is 1. The summed E-state index contributed by atoms with van der Waals surface area (Å²) in [6, 6.07) is 30.3. The Labute approximate surface area is 273 Å². The van der Waals surface area contributed by atoms with Crippen LogP contribution in [-0.4, -0.2) is 44.3 Å². The van der Waals surface area contributed by atoms with Crippen LogP contribution in [0.4, 0.5) is 5.69 Å². The molecule has 4 aromatic rings. The number of anilines is 1. The van der Waals surface area contributed by atoms with Gasteiger partial charge in [0, 0.05) is 29.0 Å². The summed E-state index contributed by atoms with van der Waals surface area (Å²) in [5.41, 5.74) is 1.93. The molecule has 0 aliphatic carbocycles. The summed E-state index contributed by atoms with van der Waals surface area (Å²) in [5, 5.41) is 3.53. The molecule has 0 saturated heterocycles. The minimum atomic E-state index is -4.16. The van der Waals surface area contributed by atoms with Crippen molar-refractivity contribution in [1.82, 2.24) is 10.2 Å². The molecule has 0 radical (unpaired) electrons. The first-order valence-corrected chi connectivity index (χ1v) is 16.8. The molecule has 2 amide bonds. The fourth-order valence-corrected chi connectivity index (χ4v) is 6.58. The maximum Gasteiger partial charge on any atom is 0.264 e. The van der Waals surface area contributed by atoms with Crippen molar-refractivity contribution in [2.24, 2.45) is 5.92 Å². The molecule has 0 fully saturated rings. The van der Waals surface area contributed by atoms with E-state index in [2.05, 4.69) is 21.2 Å². The van der Waals surface area contributed by atoms with Crippen molar-refractivity contribution in [3.63, 3.8) is 0 Å². The molecular weight excluding hydrogens is 662 g/mol. The predicted octanol–water partition coefficient (Wildman–Crippen LogP) is 6.71. The highest BCUT2D eigenvalue weighted by molar-refractivity contribution is 9.10. The number of nitrogens with zero attached hydrogens (tertiary/aromatic N) is 2. The zero-order valence-corrected chi connectivity index (χ0v) is 27.7. The Bertz CT molecular complexity index is 1650. The zero-order chi connectivity index (χ0) is 31.7. The average Bonchev–Trinajstić information content (AvgIpc) is 3.02. The van der Waals surface area contributed by atoms with Crippen LogP contribution in [0.3, 0.4) is 0 Å². The number of benzene rings is 4. The first-order valence-electron chi connectivity index (χ1n) is 14.2. The third kappa shape index (κ3) is 8.94. The summed E-state index contributed by atoms with van der Waals surface area (Å²) in [4.78, 5) is 29.8. The van der Waals surface area contributed by atoms with Gasteiger partial charge in [-0.15, -0.1) is 0 Å². The van der Waals surface area contributed by atoms with E-state index in [9.17, 15) is 18.0 Å². The van der Waals surface area contributed by atoms with Crippen LogP contribution in [0.15, 0.2) is 119 Å². The van der Waals surface area contributed by atoms with Crippen molar-refractivity contribution in [3.8, 4) is 0 Å². The number of amides is 2. The highest BCUT2D eigenvalue weighted by atomic mass is 79.9. The van der Waals surface area contributed by atoms with Crippen LogP contribution in [0.1, 0.15) is 25.0 Å². The lowest BCUT2D eigenvalue weighted by atomic mass is 10.0. The van der Waals surface area contributed by atoms with Gasteiger partial charge >= 0.3 is 0 Å². The van der Waals surface area contributed by atoms with Crippen molar-refractivity contribution >= 4 is 55.1 Å². The van der Waals surface area contributed by atoms with Gasteiger partial charge in [-0.25, -0.2) is 8.42 Å². The van der Waals surface area contributed by atoms with E-state index in [0.29, 0.717) is 21.7 Å². The number of hydrogen-bond acceptors (Lipinski definition) is 4. The SMILES string of the molecule is CC(C)CNC(=O)C(Cc1ccccc1)N(Cc1ccc(Cl)cc1)C(=O)CN(c1cccc(Br)c1)S(=O)(=O)c1ccccc1. The Hall–Kier alpha value is -3.66. The van der Waals surface area contributed by atoms with Crippen LogP contribution >= 0.6 is 27.5 Å². The average molecular weight is 697 g/mol. The number of carbonyl (C=O) groups is 2. The summed E-state index contributed by atoms with van der Waals surface area (Å²) in [5.74, 6) is -0.648. The lowest BCUT2D eigenvalue weighted by Crippen LogP contribution is -2.53. The molecular formula is C34H35BrClN3O4S. The van der Waals surface area contributed by atoms with Crippen molar-refractivity contribution in [1.29, 1.82) is 0 Å². The third-order valence-corrected chi connectivity index (χ3v) is 9.46. The summed E-state index contributed by atoms with van der Waals surface area (Å²) in [6.07, 6.45) is 0.242. The van der Waals surface area contributed by atoms with Crippen molar-refractivity contribution < 1.29 is 18.0 Å². The summed E-state index contributed by atoms with van der Waals surface area (Å²) >= 11 is 9.56. The van der Waals surface area contributed by atoms with E-state index in [0.717, 1.165) is 15.4 Å². The molecule has 0 saturated carbocycles. The Morgan fingerprint density at radius 2 is 1.48 bits per heavy atom. The van der Waals surface area contributed by atoms with Gasteiger partial charge in [0.2, 0.25) is 11.8 Å². The fraction of sp³-hybridized carbons (Fsp3) is 0.235. The van der Waals surface area contributed by atoms with Gasteiger partial charge < -0.3 is 10.2 Å². The largest absolute Gasteiger partial charge is 0.354 e. The van der Waals surface area contributed by atoms with Gasteiger partial charge in [0.25, 0.3) is 10.0 Å². The van der Waals surface area contributed by atoms with E-state index < -0.39 is 28.5 Å². The molecule has 0 bridgehead atoms. The maximum absolute atomic E-state index is 14.4. The number of carbonyl (C=O) groups excluding carboxylic acids is 2. The predicted molar refractivity (Wildman–Crippen MR) is 179 cm³/mol. The molecule has 230 valence electrons. The second-order valence-corrected chi connectivity index (χ2v) is 14.0. The minimum absolute atomic E-state index is 0.0486. The molecule has 1 unspecified atom stereocenters. The maximum atomic E-state index is 14.4. The first-order chi connectivity index (χ1) is 21.0. The monoisotopic (exact) mass is 695 g/mol. The van der Waals surface area contributed by atoms with Gasteiger partial charge in [0.1, 0.15) is 12.6 Å². The second kappa shape index (κ2) is 15.4. The number of sulfonamides is 1. The Kier molecular flexibility index (Phi) is 11.6. The number of hydrogen-bond donors (Lipinski definition) is 1. The Morgan fingerprint density at radius 3 is 2.09 bits per heavy atom. The highest BCUT2D eigenvalue weighted by Gasteiger charge is 2.34. The molecule has 7 nitrogen and oxygen atoms in total. The standard InChI is InChI=1S/C34H35BrClN3O4S/c1-25(2)22-37-34(41)32(20-26-10-5-3-6-11-26)38(23-27-16-18-29(36)19-17-27)33(40)24-39(30-13-9-12-28(35)21-30)44(42,43)31-14-7-4-8-15-31/h3-19,21,25,32H,20,22-24H2,1-2H3,(H,37,41). The number of rotatable bonds is 13. The van der Waals surface area contributed by atoms with Crippen molar-refractivity contribution in [3.05, 3.63) is 130 Å². The molecule has 0 aliphatic rings. The first kappa shape index (κ1) is 33.2. The van der Waals surface area contributed by atoms with Crippen LogP contribution in [0, 0.1) is 5.92 Å².